The van der Waals surface area contributed by atoms with Gasteiger partial charge in [0.15, 0.2) is 18.1 Å². The molecular formula is C24H28ClNO4. The van der Waals surface area contributed by atoms with Crippen molar-refractivity contribution in [2.45, 2.75) is 24.7 Å². The van der Waals surface area contributed by atoms with E-state index in [9.17, 15) is 4.79 Å². The lowest BCUT2D eigenvalue weighted by atomic mass is 9.74. The van der Waals surface area contributed by atoms with Crippen molar-refractivity contribution in [3.63, 3.8) is 0 Å². The van der Waals surface area contributed by atoms with Crippen molar-refractivity contribution < 1.29 is 19.0 Å². The van der Waals surface area contributed by atoms with E-state index < -0.39 is 0 Å². The molecule has 2 aromatic rings. The standard InChI is InChI=1S/C24H28ClNO4/c1-3-5-18-8-9-21(22(14-18)28-2)30-16-23(27)26-17-24(10-12-29-13-11-24)19-6-4-7-20(25)15-19/h3-4,6-9,14-15H,1,5,10-13,16-17H2,2H3,(H,26,27). The van der Waals surface area contributed by atoms with Crippen LogP contribution in [-0.2, 0) is 21.4 Å². The largest absolute Gasteiger partial charge is 0.493 e. The number of hydrogen-bond acceptors (Lipinski definition) is 4. The summed E-state index contributed by atoms with van der Waals surface area (Å²) in [4.78, 5) is 12.5. The number of ether oxygens (including phenoxy) is 3. The van der Waals surface area contributed by atoms with E-state index in [4.69, 9.17) is 25.8 Å². The molecule has 1 fully saturated rings. The van der Waals surface area contributed by atoms with Crippen LogP contribution < -0.4 is 14.8 Å². The van der Waals surface area contributed by atoms with E-state index >= 15 is 0 Å². The smallest absolute Gasteiger partial charge is 0.257 e. The molecule has 0 radical (unpaired) electrons. The number of amides is 1. The molecule has 0 bridgehead atoms. The maximum absolute atomic E-state index is 12.5. The van der Waals surface area contributed by atoms with Gasteiger partial charge in [0, 0.05) is 30.2 Å². The number of benzene rings is 2. The van der Waals surface area contributed by atoms with E-state index in [1.54, 1.807) is 7.11 Å². The Hall–Kier alpha value is -2.50. The molecule has 1 N–H and O–H groups in total. The summed E-state index contributed by atoms with van der Waals surface area (Å²) in [6.45, 7) is 5.49. The number of methoxy groups -OCH3 is 1. The molecule has 1 saturated heterocycles. The van der Waals surface area contributed by atoms with Gasteiger partial charge in [-0.15, -0.1) is 6.58 Å². The predicted molar refractivity (Wildman–Crippen MR) is 119 cm³/mol. The lowest BCUT2D eigenvalue weighted by molar-refractivity contribution is -0.123. The zero-order chi connectivity index (χ0) is 21.4. The minimum absolute atomic E-state index is 0.0840. The van der Waals surface area contributed by atoms with E-state index in [1.165, 1.54) is 0 Å². The lowest BCUT2D eigenvalue weighted by Gasteiger charge is -2.38. The lowest BCUT2D eigenvalue weighted by Crippen LogP contribution is -2.45. The van der Waals surface area contributed by atoms with Gasteiger partial charge in [-0.1, -0.05) is 35.9 Å². The first-order valence-electron chi connectivity index (χ1n) is 10.1. The second-order valence-corrected chi connectivity index (χ2v) is 7.88. The Morgan fingerprint density at radius 3 is 2.73 bits per heavy atom. The fourth-order valence-corrected chi connectivity index (χ4v) is 3.93. The molecular weight excluding hydrogens is 402 g/mol. The van der Waals surface area contributed by atoms with Gasteiger partial charge >= 0.3 is 0 Å². The summed E-state index contributed by atoms with van der Waals surface area (Å²) in [6, 6.07) is 13.5. The minimum Gasteiger partial charge on any atom is -0.493 e. The normalized spacial score (nSPS) is 15.3. The average Bonchev–Trinajstić information content (AvgIpc) is 2.77. The number of halogens is 1. The third-order valence-electron chi connectivity index (χ3n) is 5.48. The molecule has 0 aromatic heterocycles. The Kier molecular flexibility index (Phi) is 7.77. The molecule has 1 heterocycles. The van der Waals surface area contributed by atoms with Gasteiger partial charge in [0.2, 0.25) is 0 Å². The Morgan fingerprint density at radius 2 is 2.03 bits per heavy atom. The summed E-state index contributed by atoms with van der Waals surface area (Å²) in [6.07, 6.45) is 4.22. The van der Waals surface area contributed by atoms with Crippen LogP contribution in [0.4, 0.5) is 0 Å². The van der Waals surface area contributed by atoms with Gasteiger partial charge in [0.1, 0.15) is 0 Å². The summed E-state index contributed by atoms with van der Waals surface area (Å²) >= 11 is 6.21. The van der Waals surface area contributed by atoms with E-state index in [0.29, 0.717) is 36.3 Å². The van der Waals surface area contributed by atoms with Crippen LogP contribution >= 0.6 is 11.6 Å². The first-order chi connectivity index (χ1) is 14.6. The van der Waals surface area contributed by atoms with E-state index in [-0.39, 0.29) is 17.9 Å². The number of hydrogen-bond donors (Lipinski definition) is 1. The van der Waals surface area contributed by atoms with Gasteiger partial charge < -0.3 is 19.5 Å². The third-order valence-corrected chi connectivity index (χ3v) is 5.71. The van der Waals surface area contributed by atoms with Crippen molar-refractivity contribution >= 4 is 17.5 Å². The van der Waals surface area contributed by atoms with Gasteiger partial charge in [0.25, 0.3) is 5.91 Å². The number of carbonyl (C=O) groups excluding carboxylic acids is 1. The molecule has 0 atom stereocenters. The van der Waals surface area contributed by atoms with Crippen LogP contribution in [0.3, 0.4) is 0 Å². The number of allylic oxidation sites excluding steroid dienone is 1. The maximum Gasteiger partial charge on any atom is 0.257 e. The zero-order valence-electron chi connectivity index (χ0n) is 17.3. The zero-order valence-corrected chi connectivity index (χ0v) is 18.0. The summed E-state index contributed by atoms with van der Waals surface area (Å²) < 4.78 is 16.7. The molecule has 6 heteroatoms. The summed E-state index contributed by atoms with van der Waals surface area (Å²) in [5.41, 5.74) is 2.00. The second-order valence-electron chi connectivity index (χ2n) is 7.45. The van der Waals surface area contributed by atoms with E-state index in [1.807, 2.05) is 42.5 Å². The highest BCUT2D eigenvalue weighted by Gasteiger charge is 2.35. The minimum atomic E-state index is -0.192. The molecule has 1 aliphatic heterocycles. The van der Waals surface area contributed by atoms with Crippen LogP contribution in [0.1, 0.15) is 24.0 Å². The van der Waals surface area contributed by atoms with Crippen LogP contribution in [-0.4, -0.2) is 39.4 Å². The molecule has 0 unspecified atom stereocenters. The van der Waals surface area contributed by atoms with Crippen molar-refractivity contribution in [1.29, 1.82) is 0 Å². The van der Waals surface area contributed by atoms with E-state index in [0.717, 1.165) is 30.4 Å². The Morgan fingerprint density at radius 1 is 1.23 bits per heavy atom. The van der Waals surface area contributed by atoms with Crippen LogP contribution in [0.5, 0.6) is 11.5 Å². The van der Waals surface area contributed by atoms with Crippen LogP contribution in [0.2, 0.25) is 5.02 Å². The highest BCUT2D eigenvalue weighted by Crippen LogP contribution is 2.35. The molecule has 0 saturated carbocycles. The SMILES string of the molecule is C=CCc1ccc(OCC(=O)NCC2(c3cccc(Cl)c3)CCOCC2)c(OC)c1. The van der Waals surface area contributed by atoms with Gasteiger partial charge in [-0.25, -0.2) is 0 Å². The van der Waals surface area contributed by atoms with Gasteiger partial charge in [-0.3, -0.25) is 4.79 Å². The molecule has 2 aromatic carbocycles. The first kappa shape index (κ1) is 22.2. The van der Waals surface area contributed by atoms with Gasteiger partial charge in [-0.2, -0.15) is 0 Å². The molecule has 3 rings (SSSR count). The highest BCUT2D eigenvalue weighted by atomic mass is 35.5. The molecule has 0 aliphatic carbocycles. The molecule has 0 spiro atoms. The second kappa shape index (κ2) is 10.5. The monoisotopic (exact) mass is 429 g/mol. The number of rotatable bonds is 9. The van der Waals surface area contributed by atoms with Crippen LogP contribution in [0.25, 0.3) is 0 Å². The summed E-state index contributed by atoms with van der Waals surface area (Å²) in [7, 11) is 1.58. The summed E-state index contributed by atoms with van der Waals surface area (Å²) in [5, 5.41) is 3.73. The first-order valence-corrected chi connectivity index (χ1v) is 10.5. The molecule has 1 aliphatic rings. The number of nitrogens with one attached hydrogen (secondary N) is 1. The van der Waals surface area contributed by atoms with Gasteiger partial charge in [-0.05, 0) is 54.7 Å². The average molecular weight is 430 g/mol. The van der Waals surface area contributed by atoms with Crippen molar-refractivity contribution in [2.75, 3.05) is 33.5 Å². The maximum atomic E-state index is 12.5. The molecule has 5 nitrogen and oxygen atoms in total. The van der Waals surface area contributed by atoms with Crippen LogP contribution in [0.15, 0.2) is 55.1 Å². The third kappa shape index (κ3) is 5.55. The van der Waals surface area contributed by atoms with Crippen LogP contribution in [0, 0.1) is 0 Å². The summed E-state index contributed by atoms with van der Waals surface area (Å²) in [5.74, 6) is 0.957. The Labute approximate surface area is 183 Å². The molecule has 30 heavy (non-hydrogen) atoms. The van der Waals surface area contributed by atoms with Crippen molar-refractivity contribution in [3.05, 3.63) is 71.3 Å². The van der Waals surface area contributed by atoms with Crippen molar-refractivity contribution in [3.8, 4) is 11.5 Å². The fraction of sp³-hybridized carbons (Fsp3) is 0.375. The number of carbonyl (C=O) groups is 1. The highest BCUT2D eigenvalue weighted by molar-refractivity contribution is 6.30. The predicted octanol–water partition coefficient (Wildman–Crippen LogP) is 4.32. The quantitative estimate of drug-likeness (QED) is 0.603. The molecule has 1 amide bonds. The van der Waals surface area contributed by atoms with Crippen molar-refractivity contribution in [2.24, 2.45) is 0 Å². The Balaban J connectivity index is 1.62. The topological polar surface area (TPSA) is 56.8 Å². The van der Waals surface area contributed by atoms with Gasteiger partial charge in [0.05, 0.1) is 7.11 Å². The molecule has 160 valence electrons. The van der Waals surface area contributed by atoms with Crippen molar-refractivity contribution in [1.82, 2.24) is 5.32 Å². The van der Waals surface area contributed by atoms with E-state index in [2.05, 4.69) is 18.0 Å². The Bertz CT molecular complexity index is 877. The fourth-order valence-electron chi connectivity index (χ4n) is 3.73.